The van der Waals surface area contributed by atoms with E-state index in [1.54, 1.807) is 6.20 Å². The van der Waals surface area contributed by atoms with Crippen molar-refractivity contribution in [2.75, 3.05) is 14.1 Å². The molecule has 0 amide bonds. The highest BCUT2D eigenvalue weighted by Gasteiger charge is 2.28. The number of fused-ring (bicyclic) bond motifs is 1. The van der Waals surface area contributed by atoms with Crippen molar-refractivity contribution < 1.29 is 14.3 Å². The molecule has 1 unspecified atom stereocenters. The molecule has 0 aliphatic carbocycles. The van der Waals surface area contributed by atoms with E-state index in [2.05, 4.69) is 9.97 Å². The highest BCUT2D eigenvalue weighted by Crippen LogP contribution is 2.34. The summed E-state index contributed by atoms with van der Waals surface area (Å²) in [6, 6.07) is 17.5. The number of hydrogen-bond acceptors (Lipinski definition) is 4. The van der Waals surface area contributed by atoms with Gasteiger partial charge < -0.3 is 14.5 Å². The highest BCUT2D eigenvalue weighted by molar-refractivity contribution is 6.00. The first-order valence-electron chi connectivity index (χ1n) is 9.05. The molecule has 0 spiro atoms. The SMILES string of the molecule is CN(C)C(Cc1ccccc1)c1nc(C(=O)O)c(-c2c[nH]c3ccccc23)o1. The fourth-order valence-electron chi connectivity index (χ4n) is 3.39. The minimum absolute atomic E-state index is 0.0698. The number of aromatic nitrogens is 2. The van der Waals surface area contributed by atoms with Crippen LogP contribution in [0, 0.1) is 0 Å². The first-order valence-corrected chi connectivity index (χ1v) is 9.05. The van der Waals surface area contributed by atoms with Gasteiger partial charge in [-0.2, -0.15) is 0 Å². The number of carboxylic acids is 1. The molecule has 1 atom stereocenters. The average Bonchev–Trinajstić information content (AvgIpc) is 3.31. The number of benzene rings is 2. The molecule has 0 saturated heterocycles. The summed E-state index contributed by atoms with van der Waals surface area (Å²) in [6.07, 6.45) is 2.43. The van der Waals surface area contributed by atoms with Crippen LogP contribution in [0.3, 0.4) is 0 Å². The number of hydrogen-bond donors (Lipinski definition) is 2. The zero-order chi connectivity index (χ0) is 19.7. The molecule has 142 valence electrons. The van der Waals surface area contributed by atoms with E-state index in [-0.39, 0.29) is 17.5 Å². The van der Waals surface area contributed by atoms with Crippen molar-refractivity contribution in [1.29, 1.82) is 0 Å². The van der Waals surface area contributed by atoms with E-state index in [0.29, 0.717) is 17.9 Å². The fourth-order valence-corrected chi connectivity index (χ4v) is 3.39. The van der Waals surface area contributed by atoms with Crippen molar-refractivity contribution >= 4 is 16.9 Å². The maximum absolute atomic E-state index is 11.9. The van der Waals surface area contributed by atoms with Crippen molar-refractivity contribution in [3.05, 3.63) is 77.9 Å². The lowest BCUT2D eigenvalue weighted by Crippen LogP contribution is -2.22. The Hall–Kier alpha value is -3.38. The zero-order valence-corrected chi connectivity index (χ0v) is 15.7. The van der Waals surface area contributed by atoms with Crippen LogP contribution in [-0.2, 0) is 6.42 Å². The predicted octanol–water partition coefficient (Wildman–Crippen LogP) is 4.37. The van der Waals surface area contributed by atoms with E-state index >= 15 is 0 Å². The smallest absolute Gasteiger partial charge is 0.358 e. The van der Waals surface area contributed by atoms with E-state index in [9.17, 15) is 9.90 Å². The van der Waals surface area contributed by atoms with Gasteiger partial charge in [0.25, 0.3) is 0 Å². The van der Waals surface area contributed by atoms with Gasteiger partial charge >= 0.3 is 5.97 Å². The average molecular weight is 375 g/mol. The van der Waals surface area contributed by atoms with E-state index in [1.165, 1.54) is 0 Å². The van der Waals surface area contributed by atoms with Crippen molar-refractivity contribution in [1.82, 2.24) is 14.9 Å². The Bertz CT molecular complexity index is 1110. The topological polar surface area (TPSA) is 82.4 Å². The third kappa shape index (κ3) is 3.30. The molecule has 28 heavy (non-hydrogen) atoms. The molecule has 2 aromatic heterocycles. The summed E-state index contributed by atoms with van der Waals surface area (Å²) in [7, 11) is 3.87. The largest absolute Gasteiger partial charge is 0.476 e. The highest BCUT2D eigenvalue weighted by atomic mass is 16.4. The lowest BCUT2D eigenvalue weighted by molar-refractivity contribution is 0.0691. The number of H-pyrrole nitrogens is 1. The number of oxazole rings is 1. The number of nitrogens with zero attached hydrogens (tertiary/aromatic N) is 2. The fraction of sp³-hybridized carbons (Fsp3) is 0.182. The van der Waals surface area contributed by atoms with Crippen molar-refractivity contribution in [2.45, 2.75) is 12.5 Å². The van der Waals surface area contributed by atoms with E-state index < -0.39 is 5.97 Å². The molecule has 2 N–H and O–H groups in total. The lowest BCUT2D eigenvalue weighted by atomic mass is 10.1. The van der Waals surface area contributed by atoms with E-state index in [0.717, 1.165) is 16.5 Å². The van der Waals surface area contributed by atoms with Gasteiger partial charge in [-0.1, -0.05) is 48.5 Å². The van der Waals surface area contributed by atoms with E-state index in [4.69, 9.17) is 4.42 Å². The molecule has 0 radical (unpaired) electrons. The van der Waals surface area contributed by atoms with Gasteiger partial charge in [-0.15, -0.1) is 0 Å². The van der Waals surface area contributed by atoms with Crippen molar-refractivity contribution in [2.24, 2.45) is 0 Å². The molecule has 0 aliphatic rings. The Morgan fingerprint density at radius 3 is 2.57 bits per heavy atom. The minimum atomic E-state index is -1.10. The minimum Gasteiger partial charge on any atom is -0.476 e. The number of aromatic amines is 1. The summed E-state index contributed by atoms with van der Waals surface area (Å²) in [6.45, 7) is 0. The molecular formula is C22H21N3O3. The summed E-state index contributed by atoms with van der Waals surface area (Å²) in [5.74, 6) is -0.432. The molecular weight excluding hydrogens is 354 g/mol. The van der Waals surface area contributed by atoms with Gasteiger partial charge in [0.1, 0.15) is 0 Å². The van der Waals surface area contributed by atoms with Gasteiger partial charge in [-0.25, -0.2) is 9.78 Å². The van der Waals surface area contributed by atoms with Gasteiger partial charge in [-0.3, -0.25) is 4.90 Å². The molecule has 2 heterocycles. The number of carboxylic acid groups (broad SMARTS) is 1. The Morgan fingerprint density at radius 1 is 1.14 bits per heavy atom. The Morgan fingerprint density at radius 2 is 1.86 bits per heavy atom. The number of nitrogens with one attached hydrogen (secondary N) is 1. The number of rotatable bonds is 6. The molecule has 0 fully saturated rings. The molecule has 6 nitrogen and oxygen atoms in total. The summed E-state index contributed by atoms with van der Waals surface area (Å²) >= 11 is 0. The van der Waals surface area contributed by atoms with Gasteiger partial charge in [0.05, 0.1) is 6.04 Å². The quantitative estimate of drug-likeness (QED) is 0.523. The summed E-state index contributed by atoms with van der Waals surface area (Å²) in [5, 5.41) is 10.6. The second-order valence-corrected chi connectivity index (χ2v) is 6.95. The number of aromatic carboxylic acids is 1. The molecule has 0 bridgehead atoms. The van der Waals surface area contributed by atoms with Crippen molar-refractivity contribution in [3.63, 3.8) is 0 Å². The normalized spacial score (nSPS) is 12.5. The summed E-state index contributed by atoms with van der Waals surface area (Å²) in [4.78, 5) is 21.4. The van der Waals surface area contributed by atoms with E-state index in [1.807, 2.05) is 73.6 Å². The van der Waals surface area contributed by atoms with Crippen LogP contribution in [0.15, 0.2) is 65.2 Å². The van der Waals surface area contributed by atoms with Crippen LogP contribution in [0.5, 0.6) is 0 Å². The molecule has 2 aromatic carbocycles. The molecule has 0 saturated carbocycles. The number of carbonyl (C=O) groups is 1. The second kappa shape index (κ2) is 7.32. The lowest BCUT2D eigenvalue weighted by Gasteiger charge is -2.21. The number of likely N-dealkylation sites (N-methyl/N-ethyl adjacent to an activating group) is 1. The Labute approximate surface area is 162 Å². The van der Waals surface area contributed by atoms with Crippen LogP contribution in [0.4, 0.5) is 0 Å². The van der Waals surface area contributed by atoms with Crippen LogP contribution in [0.25, 0.3) is 22.2 Å². The standard InChI is InChI=1S/C22H21N3O3/c1-25(2)18(12-14-8-4-3-5-9-14)21-24-19(22(26)27)20(28-21)16-13-23-17-11-7-6-10-15(16)17/h3-11,13,18,23H,12H2,1-2H3,(H,26,27). The maximum Gasteiger partial charge on any atom is 0.358 e. The molecule has 4 aromatic rings. The summed E-state index contributed by atoms with van der Waals surface area (Å²) in [5.41, 5.74) is 2.67. The first-order chi connectivity index (χ1) is 13.5. The van der Waals surface area contributed by atoms with Crippen LogP contribution >= 0.6 is 0 Å². The molecule has 6 heteroatoms. The third-order valence-electron chi connectivity index (χ3n) is 4.86. The first kappa shape index (κ1) is 18.0. The molecule has 4 rings (SSSR count). The van der Waals surface area contributed by atoms with Gasteiger partial charge in [-0.05, 0) is 32.1 Å². The monoisotopic (exact) mass is 375 g/mol. The van der Waals surface area contributed by atoms with Crippen LogP contribution in [0.2, 0.25) is 0 Å². The van der Waals surface area contributed by atoms with Gasteiger partial charge in [0, 0.05) is 22.7 Å². The summed E-state index contributed by atoms with van der Waals surface area (Å²) < 4.78 is 6.07. The Kier molecular flexibility index (Phi) is 4.71. The number of para-hydroxylation sites is 1. The predicted molar refractivity (Wildman–Crippen MR) is 107 cm³/mol. The second-order valence-electron chi connectivity index (χ2n) is 6.95. The molecule has 0 aliphatic heterocycles. The van der Waals surface area contributed by atoms with Gasteiger partial charge in [0.2, 0.25) is 5.89 Å². The van der Waals surface area contributed by atoms with Crippen LogP contribution in [-0.4, -0.2) is 40.0 Å². The third-order valence-corrected chi connectivity index (χ3v) is 4.86. The van der Waals surface area contributed by atoms with Crippen molar-refractivity contribution in [3.8, 4) is 11.3 Å². The van der Waals surface area contributed by atoms with Crippen LogP contribution in [0.1, 0.15) is 28.0 Å². The van der Waals surface area contributed by atoms with Crippen LogP contribution < -0.4 is 0 Å². The zero-order valence-electron chi connectivity index (χ0n) is 15.7. The van der Waals surface area contributed by atoms with Gasteiger partial charge in [0.15, 0.2) is 11.5 Å². The maximum atomic E-state index is 11.9. The Balaban J connectivity index is 1.80.